The standard InChI is InChI=1S/C21H19FN2O4/c1-14(21(26)24(2)13-15-6-5-7-16(22)12-15)27-20(25)11-10-19-23-17-8-3-4-9-18(17)28-19/h3-12,14H,13H2,1-2H3/b11-10+. The normalized spacial score (nSPS) is 12.2. The van der Waals surface area contributed by atoms with Gasteiger partial charge in [0.05, 0.1) is 0 Å². The summed E-state index contributed by atoms with van der Waals surface area (Å²) in [5, 5.41) is 0. The number of aromatic nitrogens is 1. The van der Waals surface area contributed by atoms with Crippen LogP contribution in [0.3, 0.4) is 0 Å². The van der Waals surface area contributed by atoms with E-state index in [1.807, 2.05) is 12.1 Å². The Balaban J connectivity index is 1.55. The Bertz CT molecular complexity index is 995. The lowest BCUT2D eigenvalue weighted by Crippen LogP contribution is -2.36. The maximum absolute atomic E-state index is 13.2. The molecule has 0 fully saturated rings. The van der Waals surface area contributed by atoms with Crippen molar-refractivity contribution in [1.82, 2.24) is 9.88 Å². The predicted molar refractivity (Wildman–Crippen MR) is 101 cm³/mol. The number of amides is 1. The number of oxazole rings is 1. The lowest BCUT2D eigenvalue weighted by Gasteiger charge is -2.21. The van der Waals surface area contributed by atoms with Crippen LogP contribution in [0.5, 0.6) is 0 Å². The summed E-state index contributed by atoms with van der Waals surface area (Å²) in [6, 6.07) is 13.2. The molecule has 0 bridgehead atoms. The molecule has 1 atom stereocenters. The van der Waals surface area contributed by atoms with Crippen molar-refractivity contribution in [2.45, 2.75) is 19.6 Å². The molecule has 144 valence electrons. The molecule has 0 aliphatic heterocycles. The van der Waals surface area contributed by atoms with Gasteiger partial charge in [-0.3, -0.25) is 4.79 Å². The third-order valence-corrected chi connectivity index (χ3v) is 4.00. The van der Waals surface area contributed by atoms with Crippen molar-refractivity contribution in [2.75, 3.05) is 7.05 Å². The minimum atomic E-state index is -0.987. The first-order valence-electron chi connectivity index (χ1n) is 8.66. The zero-order valence-corrected chi connectivity index (χ0v) is 15.5. The molecule has 3 rings (SSSR count). The Morgan fingerprint density at radius 1 is 1.25 bits per heavy atom. The molecule has 6 nitrogen and oxygen atoms in total. The highest BCUT2D eigenvalue weighted by Crippen LogP contribution is 2.15. The molecule has 1 heterocycles. The van der Waals surface area contributed by atoms with Crippen LogP contribution in [0.2, 0.25) is 0 Å². The van der Waals surface area contributed by atoms with Crippen molar-refractivity contribution in [3.63, 3.8) is 0 Å². The van der Waals surface area contributed by atoms with Crippen LogP contribution in [0.25, 0.3) is 17.2 Å². The molecule has 0 saturated heterocycles. The average Bonchev–Trinajstić information content (AvgIpc) is 3.08. The fourth-order valence-electron chi connectivity index (χ4n) is 2.66. The van der Waals surface area contributed by atoms with Crippen LogP contribution in [-0.4, -0.2) is 34.9 Å². The summed E-state index contributed by atoms with van der Waals surface area (Å²) in [5.74, 6) is -1.20. The number of fused-ring (bicyclic) bond motifs is 1. The molecule has 1 amide bonds. The molecule has 0 spiro atoms. The van der Waals surface area contributed by atoms with E-state index >= 15 is 0 Å². The zero-order valence-electron chi connectivity index (χ0n) is 15.5. The molecule has 28 heavy (non-hydrogen) atoms. The number of esters is 1. The minimum Gasteiger partial charge on any atom is -0.449 e. The highest BCUT2D eigenvalue weighted by atomic mass is 19.1. The van der Waals surface area contributed by atoms with Crippen LogP contribution in [0.4, 0.5) is 4.39 Å². The molecule has 0 radical (unpaired) electrons. The molecule has 0 saturated carbocycles. The topological polar surface area (TPSA) is 72.6 Å². The predicted octanol–water partition coefficient (Wildman–Crippen LogP) is 3.57. The number of benzene rings is 2. The lowest BCUT2D eigenvalue weighted by molar-refractivity contribution is -0.154. The summed E-state index contributed by atoms with van der Waals surface area (Å²) in [4.78, 5) is 29.9. The molecule has 7 heteroatoms. The largest absolute Gasteiger partial charge is 0.449 e. The number of ether oxygens (including phenoxy) is 1. The van der Waals surface area contributed by atoms with Crippen LogP contribution in [0.1, 0.15) is 18.4 Å². The monoisotopic (exact) mass is 382 g/mol. The van der Waals surface area contributed by atoms with Crippen molar-refractivity contribution in [1.29, 1.82) is 0 Å². The summed E-state index contributed by atoms with van der Waals surface area (Å²) in [5.41, 5.74) is 1.93. The van der Waals surface area contributed by atoms with Gasteiger partial charge in [0.25, 0.3) is 5.91 Å². The fraction of sp³-hybridized carbons (Fsp3) is 0.190. The molecular formula is C21H19FN2O4. The van der Waals surface area contributed by atoms with E-state index in [2.05, 4.69) is 4.98 Å². The van der Waals surface area contributed by atoms with E-state index in [9.17, 15) is 14.0 Å². The number of hydrogen-bond donors (Lipinski definition) is 0. The molecule has 0 aliphatic carbocycles. The fourth-order valence-corrected chi connectivity index (χ4v) is 2.66. The van der Waals surface area contributed by atoms with E-state index in [4.69, 9.17) is 9.15 Å². The molecule has 3 aromatic rings. The number of rotatable bonds is 6. The summed E-state index contributed by atoms with van der Waals surface area (Å²) in [7, 11) is 1.56. The Labute approximate surface area is 161 Å². The van der Waals surface area contributed by atoms with Gasteiger partial charge in [-0.15, -0.1) is 0 Å². The van der Waals surface area contributed by atoms with Gasteiger partial charge in [0, 0.05) is 25.7 Å². The highest BCUT2D eigenvalue weighted by molar-refractivity contribution is 5.90. The molecule has 2 aromatic carbocycles. The van der Waals surface area contributed by atoms with Crippen molar-refractivity contribution in [2.24, 2.45) is 0 Å². The van der Waals surface area contributed by atoms with Crippen molar-refractivity contribution in [3.8, 4) is 0 Å². The maximum Gasteiger partial charge on any atom is 0.331 e. The van der Waals surface area contributed by atoms with E-state index in [-0.39, 0.29) is 18.3 Å². The quantitative estimate of drug-likeness (QED) is 0.481. The first-order chi connectivity index (χ1) is 13.4. The van der Waals surface area contributed by atoms with Crippen LogP contribution in [0.15, 0.2) is 59.0 Å². The van der Waals surface area contributed by atoms with Crippen LogP contribution < -0.4 is 0 Å². The number of halogens is 1. The SMILES string of the molecule is CC(OC(=O)/C=C/c1nc2ccccc2o1)C(=O)N(C)Cc1cccc(F)c1. The second-order valence-corrected chi connectivity index (χ2v) is 6.26. The van der Waals surface area contributed by atoms with Crippen molar-refractivity contribution in [3.05, 3.63) is 71.9 Å². The van der Waals surface area contributed by atoms with Crippen molar-refractivity contribution >= 4 is 29.1 Å². The number of para-hydroxylation sites is 2. The Kier molecular flexibility index (Phi) is 5.84. The van der Waals surface area contributed by atoms with Crippen LogP contribution in [-0.2, 0) is 20.9 Å². The Morgan fingerprint density at radius 3 is 2.79 bits per heavy atom. The van der Waals surface area contributed by atoms with Gasteiger partial charge in [0.15, 0.2) is 11.7 Å². The van der Waals surface area contributed by atoms with E-state index < -0.39 is 18.0 Å². The van der Waals surface area contributed by atoms with Crippen LogP contribution in [0, 0.1) is 5.82 Å². The second kappa shape index (κ2) is 8.47. The Hall–Kier alpha value is -3.48. The number of likely N-dealkylation sites (N-methyl/N-ethyl adjacent to an activating group) is 1. The van der Waals surface area contributed by atoms with Gasteiger partial charge in [-0.05, 0) is 36.8 Å². The van der Waals surface area contributed by atoms with E-state index in [1.165, 1.54) is 30.0 Å². The molecular weight excluding hydrogens is 363 g/mol. The third-order valence-electron chi connectivity index (χ3n) is 4.00. The van der Waals surface area contributed by atoms with Gasteiger partial charge in [-0.2, -0.15) is 0 Å². The van der Waals surface area contributed by atoms with Crippen LogP contribution >= 0.6 is 0 Å². The van der Waals surface area contributed by atoms with Gasteiger partial charge >= 0.3 is 5.97 Å². The first kappa shape index (κ1) is 19.3. The second-order valence-electron chi connectivity index (χ2n) is 6.26. The van der Waals surface area contributed by atoms with Gasteiger partial charge in [0.2, 0.25) is 5.89 Å². The average molecular weight is 382 g/mol. The molecule has 0 aliphatic rings. The van der Waals surface area contributed by atoms with Crippen molar-refractivity contribution < 1.29 is 23.1 Å². The lowest BCUT2D eigenvalue weighted by atomic mass is 10.2. The summed E-state index contributed by atoms with van der Waals surface area (Å²) in [6.07, 6.45) is 1.55. The number of nitrogens with zero attached hydrogens (tertiary/aromatic N) is 2. The number of hydrogen-bond acceptors (Lipinski definition) is 5. The van der Waals surface area contributed by atoms with E-state index in [0.717, 1.165) is 6.08 Å². The highest BCUT2D eigenvalue weighted by Gasteiger charge is 2.21. The molecule has 0 N–H and O–H groups in total. The summed E-state index contributed by atoms with van der Waals surface area (Å²) in [6.45, 7) is 1.69. The van der Waals surface area contributed by atoms with E-state index in [0.29, 0.717) is 16.7 Å². The summed E-state index contributed by atoms with van der Waals surface area (Å²) >= 11 is 0. The first-order valence-corrected chi connectivity index (χ1v) is 8.66. The van der Waals surface area contributed by atoms with E-state index in [1.54, 1.807) is 31.3 Å². The van der Waals surface area contributed by atoms with Gasteiger partial charge in [-0.1, -0.05) is 24.3 Å². The third kappa shape index (κ3) is 4.82. The minimum absolute atomic E-state index is 0.206. The van der Waals surface area contributed by atoms with Gasteiger partial charge < -0.3 is 14.1 Å². The Morgan fingerprint density at radius 2 is 2.04 bits per heavy atom. The molecule has 1 unspecified atom stereocenters. The smallest absolute Gasteiger partial charge is 0.331 e. The number of carbonyl (C=O) groups is 2. The summed E-state index contributed by atoms with van der Waals surface area (Å²) < 4.78 is 23.9. The maximum atomic E-state index is 13.2. The molecule has 1 aromatic heterocycles. The van der Waals surface area contributed by atoms with Gasteiger partial charge in [0.1, 0.15) is 11.3 Å². The number of carbonyl (C=O) groups excluding carboxylic acids is 2. The zero-order chi connectivity index (χ0) is 20.1. The van der Waals surface area contributed by atoms with Gasteiger partial charge in [-0.25, -0.2) is 14.2 Å².